The van der Waals surface area contributed by atoms with E-state index in [0.29, 0.717) is 55.7 Å². The lowest BCUT2D eigenvalue weighted by molar-refractivity contribution is -0.354. The van der Waals surface area contributed by atoms with E-state index in [1.807, 2.05) is 0 Å². The fourth-order valence-corrected chi connectivity index (χ4v) is 13.1. The minimum absolute atomic E-state index is 0.123. The summed E-state index contributed by atoms with van der Waals surface area (Å²) in [6.45, 7) is 6.58. The Morgan fingerprint density at radius 3 is 2.10 bits per heavy atom. The van der Waals surface area contributed by atoms with Crippen molar-refractivity contribution in [2.45, 2.75) is 124 Å². The number of esters is 2. The van der Waals surface area contributed by atoms with Crippen LogP contribution in [0.3, 0.4) is 0 Å². The first-order valence-corrected chi connectivity index (χ1v) is 19.1. The molecule has 11 heteroatoms. The summed E-state index contributed by atoms with van der Waals surface area (Å²) in [6.07, 6.45) is 0.0630. The van der Waals surface area contributed by atoms with E-state index in [0.717, 1.165) is 6.42 Å². The Balaban J connectivity index is 1.16. The van der Waals surface area contributed by atoms with Crippen LogP contribution in [0.25, 0.3) is 0 Å². The number of piperidine rings is 2. The molecule has 3 aliphatic heterocycles. The van der Waals surface area contributed by atoms with Gasteiger partial charge in [0.1, 0.15) is 22.4 Å². The quantitative estimate of drug-likeness (QED) is 0.295. The zero-order valence-electron chi connectivity index (χ0n) is 30.1. The molecule has 4 saturated carbocycles. The standard InChI is InChI=1S/C41H51NO10/c1-24-14-17-30-36(3,46)40(49)29(22-42(30)21-24)38(48)23-39-28(37(38,47)20-31(40)43)16-15-27-35(39,2)19-18-32(50-33(44)25-10-6-4-7-11-25)41(27,52-39)51-34(45)26-12-8-5-9-13-26/h4-13,24,27-32,43,46-49H,14-23H2,1-3H3/t24-,27?,28-,29-,30-,31-,32+,35-,36+,37?,38?,39?,40?,41-/m0/s1. The van der Waals surface area contributed by atoms with Gasteiger partial charge in [-0.1, -0.05) is 50.2 Å². The maximum absolute atomic E-state index is 14.0. The van der Waals surface area contributed by atoms with Crippen LogP contribution >= 0.6 is 0 Å². The second kappa shape index (κ2) is 11.1. The third-order valence-electron chi connectivity index (χ3n) is 15.5. The van der Waals surface area contributed by atoms with Crippen LogP contribution in [-0.4, -0.2) is 108 Å². The number of hydrogen-bond donors (Lipinski definition) is 5. The van der Waals surface area contributed by atoms with Crippen LogP contribution in [0, 0.1) is 29.1 Å². The Morgan fingerprint density at radius 1 is 0.788 bits per heavy atom. The highest BCUT2D eigenvalue weighted by atomic mass is 16.8. The third-order valence-corrected chi connectivity index (χ3v) is 15.5. The summed E-state index contributed by atoms with van der Waals surface area (Å²) < 4.78 is 20.1. The minimum Gasteiger partial charge on any atom is -0.452 e. The van der Waals surface area contributed by atoms with Crippen LogP contribution in [0.5, 0.6) is 0 Å². The van der Waals surface area contributed by atoms with Gasteiger partial charge in [0.15, 0.2) is 6.10 Å². The van der Waals surface area contributed by atoms with Crippen molar-refractivity contribution >= 4 is 11.9 Å². The van der Waals surface area contributed by atoms with Crippen molar-refractivity contribution in [1.82, 2.24) is 4.90 Å². The predicted molar refractivity (Wildman–Crippen MR) is 186 cm³/mol. The second-order valence-corrected chi connectivity index (χ2v) is 17.8. The van der Waals surface area contributed by atoms with Gasteiger partial charge in [-0.3, -0.25) is 4.90 Å². The number of carbonyl (C=O) groups excluding carboxylic acids is 2. The van der Waals surface area contributed by atoms with Crippen LogP contribution in [0.4, 0.5) is 0 Å². The van der Waals surface area contributed by atoms with Gasteiger partial charge in [-0.05, 0) is 75.6 Å². The predicted octanol–water partition coefficient (Wildman–Crippen LogP) is 3.20. The average Bonchev–Trinajstić information content (AvgIpc) is 3.29. The fraction of sp³-hybridized carbons (Fsp3) is 0.659. The summed E-state index contributed by atoms with van der Waals surface area (Å²) in [5.41, 5.74) is -9.26. The van der Waals surface area contributed by atoms with Crippen LogP contribution in [-0.2, 0) is 14.2 Å². The second-order valence-electron chi connectivity index (χ2n) is 17.8. The van der Waals surface area contributed by atoms with Gasteiger partial charge < -0.3 is 39.7 Å². The van der Waals surface area contributed by atoms with E-state index in [1.165, 1.54) is 0 Å². The maximum Gasteiger partial charge on any atom is 0.340 e. The van der Waals surface area contributed by atoms with Crippen LogP contribution in [0.2, 0.25) is 0 Å². The highest BCUT2D eigenvalue weighted by Gasteiger charge is 2.89. The molecule has 52 heavy (non-hydrogen) atoms. The van der Waals surface area contributed by atoms with Gasteiger partial charge in [0.05, 0.1) is 22.8 Å². The molecule has 5 unspecified atom stereocenters. The number of ether oxygens (including phenoxy) is 3. The van der Waals surface area contributed by atoms with Gasteiger partial charge in [0.25, 0.3) is 5.79 Å². The molecule has 9 rings (SSSR count). The summed E-state index contributed by atoms with van der Waals surface area (Å²) in [5.74, 6) is -4.97. The Labute approximate surface area is 303 Å². The van der Waals surface area contributed by atoms with Gasteiger partial charge in [-0.2, -0.15) is 0 Å². The lowest BCUT2D eigenvalue weighted by atomic mass is 9.49. The normalized spacial score (nSPS) is 50.3. The molecule has 280 valence electrons. The van der Waals surface area contributed by atoms with Gasteiger partial charge >= 0.3 is 11.9 Å². The molecule has 14 atom stereocenters. The van der Waals surface area contributed by atoms with E-state index < -0.39 is 87.1 Å². The highest BCUT2D eigenvalue weighted by Crippen LogP contribution is 2.79. The zero-order valence-corrected chi connectivity index (χ0v) is 30.1. The van der Waals surface area contributed by atoms with E-state index >= 15 is 0 Å². The number of benzene rings is 2. The van der Waals surface area contributed by atoms with E-state index in [4.69, 9.17) is 14.2 Å². The number of aliphatic hydroxyl groups is 5. The van der Waals surface area contributed by atoms with E-state index in [2.05, 4.69) is 18.7 Å². The topological polar surface area (TPSA) is 166 Å². The van der Waals surface area contributed by atoms with E-state index in [-0.39, 0.29) is 19.4 Å². The first-order valence-electron chi connectivity index (χ1n) is 19.1. The largest absolute Gasteiger partial charge is 0.452 e. The molecule has 5 N–H and O–H groups in total. The molecule has 0 amide bonds. The van der Waals surface area contributed by atoms with Crippen molar-refractivity contribution < 1.29 is 49.3 Å². The van der Waals surface area contributed by atoms with Crippen molar-refractivity contribution in [3.8, 4) is 0 Å². The Morgan fingerprint density at radius 2 is 1.42 bits per heavy atom. The summed E-state index contributed by atoms with van der Waals surface area (Å²) >= 11 is 0. The summed E-state index contributed by atoms with van der Waals surface area (Å²) in [4.78, 5) is 29.8. The molecule has 0 radical (unpaired) electrons. The monoisotopic (exact) mass is 717 g/mol. The Bertz CT molecular complexity index is 1770. The lowest BCUT2D eigenvalue weighted by Gasteiger charge is -2.68. The number of hydrogen-bond acceptors (Lipinski definition) is 11. The highest BCUT2D eigenvalue weighted by molar-refractivity contribution is 5.90. The summed E-state index contributed by atoms with van der Waals surface area (Å²) in [7, 11) is 0. The molecule has 4 bridgehead atoms. The molecule has 3 heterocycles. The SMILES string of the molecule is C[C@H]1CC[C@@H]2N(C1)C[C@H]1C3(O)CC45O[C@@]6(OC(=O)c7ccccc7)C(CC[C@H]4C3(O)C[C@H](O)C1(O)[C@]2(C)O)[C@]5(C)CC[C@H]6OC(=O)c1ccccc1. The average molecular weight is 718 g/mol. The number of fused-ring (bicyclic) bond motifs is 5. The van der Waals surface area contributed by atoms with E-state index in [9.17, 15) is 35.1 Å². The molecule has 2 aromatic carbocycles. The number of carbonyl (C=O) groups is 2. The van der Waals surface area contributed by atoms with Crippen LogP contribution in [0.1, 0.15) is 92.9 Å². The lowest BCUT2D eigenvalue weighted by Crippen LogP contribution is -2.85. The van der Waals surface area contributed by atoms with Crippen molar-refractivity contribution in [2.75, 3.05) is 13.1 Å². The molecule has 4 aliphatic carbocycles. The van der Waals surface area contributed by atoms with Gasteiger partial charge in [-0.15, -0.1) is 0 Å². The maximum atomic E-state index is 14.0. The fourth-order valence-electron chi connectivity index (χ4n) is 13.1. The number of aliphatic hydroxyl groups excluding tert-OH is 1. The van der Waals surface area contributed by atoms with Crippen LogP contribution < -0.4 is 0 Å². The molecule has 3 saturated heterocycles. The number of nitrogens with zero attached hydrogens (tertiary/aromatic N) is 1. The number of rotatable bonds is 4. The minimum atomic E-state index is -2.13. The third kappa shape index (κ3) is 4.11. The zero-order chi connectivity index (χ0) is 36.7. The first-order chi connectivity index (χ1) is 24.6. The summed E-state index contributed by atoms with van der Waals surface area (Å²) in [6, 6.07) is 16.8. The van der Waals surface area contributed by atoms with Crippen molar-refractivity contribution in [3.63, 3.8) is 0 Å². The van der Waals surface area contributed by atoms with Crippen LogP contribution in [0.15, 0.2) is 60.7 Å². The van der Waals surface area contributed by atoms with Gasteiger partial charge in [0, 0.05) is 55.1 Å². The van der Waals surface area contributed by atoms with Crippen molar-refractivity contribution in [2.24, 2.45) is 29.1 Å². The van der Waals surface area contributed by atoms with E-state index in [1.54, 1.807) is 67.6 Å². The molecular weight excluding hydrogens is 666 g/mol. The molecule has 11 nitrogen and oxygen atoms in total. The van der Waals surface area contributed by atoms with Crippen molar-refractivity contribution in [1.29, 1.82) is 0 Å². The first kappa shape index (κ1) is 34.8. The van der Waals surface area contributed by atoms with Crippen molar-refractivity contribution in [3.05, 3.63) is 71.8 Å². The molecule has 1 spiro atoms. The molecule has 0 aromatic heterocycles. The van der Waals surface area contributed by atoms with Gasteiger partial charge in [0.2, 0.25) is 0 Å². The molecular formula is C41H51NO10. The Hall–Kier alpha value is -2.90. The molecule has 7 aliphatic rings. The molecule has 2 aromatic rings. The van der Waals surface area contributed by atoms with Gasteiger partial charge in [-0.25, -0.2) is 9.59 Å². The summed E-state index contributed by atoms with van der Waals surface area (Å²) in [5, 5.41) is 63.2. The molecule has 7 fully saturated rings. The Kier molecular flexibility index (Phi) is 7.43. The smallest absolute Gasteiger partial charge is 0.340 e.